The number of nitriles is 1. The van der Waals surface area contributed by atoms with Gasteiger partial charge in [-0.15, -0.1) is 0 Å². The van der Waals surface area contributed by atoms with Gasteiger partial charge in [-0.1, -0.05) is 24.3 Å². The third-order valence-corrected chi connectivity index (χ3v) is 4.47. The molecule has 1 aliphatic rings. The van der Waals surface area contributed by atoms with Crippen LogP contribution in [0, 0.1) is 17.1 Å². The highest BCUT2D eigenvalue weighted by Crippen LogP contribution is 2.22. The Kier molecular flexibility index (Phi) is 6.13. The van der Waals surface area contributed by atoms with E-state index in [2.05, 4.69) is 16.3 Å². The number of benzene rings is 2. The molecule has 0 bridgehead atoms. The molecule has 0 aliphatic carbocycles. The SMILES string of the molecule is N#Cc1ccc(CNC[C@H](c2cccc(F)c2)N2CCOCC2)cc1. The lowest BCUT2D eigenvalue weighted by Gasteiger charge is -2.35. The Hall–Kier alpha value is -2.26. The largest absolute Gasteiger partial charge is 0.379 e. The summed E-state index contributed by atoms with van der Waals surface area (Å²) in [6.45, 7) is 4.55. The van der Waals surface area contributed by atoms with Crippen LogP contribution in [0.1, 0.15) is 22.7 Å². The fourth-order valence-electron chi connectivity index (χ4n) is 3.11. The molecule has 1 saturated heterocycles. The van der Waals surface area contributed by atoms with Gasteiger partial charge in [-0.25, -0.2) is 4.39 Å². The van der Waals surface area contributed by atoms with Crippen LogP contribution in [0.15, 0.2) is 48.5 Å². The molecule has 0 unspecified atom stereocenters. The average Bonchev–Trinajstić information content (AvgIpc) is 2.66. The van der Waals surface area contributed by atoms with E-state index in [1.807, 2.05) is 30.3 Å². The van der Waals surface area contributed by atoms with Gasteiger partial charge >= 0.3 is 0 Å². The highest BCUT2D eigenvalue weighted by atomic mass is 19.1. The topological polar surface area (TPSA) is 48.3 Å². The van der Waals surface area contributed by atoms with Crippen molar-refractivity contribution >= 4 is 0 Å². The maximum atomic E-state index is 13.7. The van der Waals surface area contributed by atoms with Crippen molar-refractivity contribution in [1.82, 2.24) is 10.2 Å². The van der Waals surface area contributed by atoms with Crippen LogP contribution in [0.3, 0.4) is 0 Å². The monoisotopic (exact) mass is 339 g/mol. The standard InChI is InChI=1S/C20H22FN3O/c21-19-3-1-2-18(12-19)20(24-8-10-25-11-9-24)15-23-14-17-6-4-16(13-22)5-7-17/h1-7,12,20,23H,8-11,14-15H2/t20-/m1/s1. The molecule has 3 rings (SSSR count). The van der Waals surface area contributed by atoms with Gasteiger partial charge in [0, 0.05) is 32.2 Å². The molecule has 25 heavy (non-hydrogen) atoms. The quantitative estimate of drug-likeness (QED) is 0.879. The van der Waals surface area contributed by atoms with Crippen LogP contribution in [-0.2, 0) is 11.3 Å². The van der Waals surface area contributed by atoms with Crippen LogP contribution in [0.5, 0.6) is 0 Å². The minimum atomic E-state index is -0.206. The maximum absolute atomic E-state index is 13.7. The van der Waals surface area contributed by atoms with Crippen LogP contribution >= 0.6 is 0 Å². The third kappa shape index (κ3) is 4.86. The second-order valence-electron chi connectivity index (χ2n) is 6.16. The van der Waals surface area contributed by atoms with E-state index < -0.39 is 0 Å². The second kappa shape index (κ2) is 8.72. The van der Waals surface area contributed by atoms with Crippen molar-refractivity contribution in [3.8, 4) is 6.07 Å². The summed E-state index contributed by atoms with van der Waals surface area (Å²) in [5.74, 6) is -0.206. The van der Waals surface area contributed by atoms with Gasteiger partial charge in [0.05, 0.1) is 24.8 Å². The van der Waals surface area contributed by atoms with Crippen molar-refractivity contribution in [3.63, 3.8) is 0 Å². The summed E-state index contributed by atoms with van der Waals surface area (Å²) in [7, 11) is 0. The normalized spacial score (nSPS) is 16.3. The maximum Gasteiger partial charge on any atom is 0.123 e. The Morgan fingerprint density at radius 2 is 1.92 bits per heavy atom. The zero-order valence-electron chi connectivity index (χ0n) is 14.1. The molecule has 5 heteroatoms. The first-order chi connectivity index (χ1) is 12.3. The Morgan fingerprint density at radius 1 is 1.16 bits per heavy atom. The predicted octanol–water partition coefficient (Wildman–Crippen LogP) is 2.86. The molecule has 4 nitrogen and oxygen atoms in total. The number of rotatable bonds is 6. The van der Waals surface area contributed by atoms with Gasteiger partial charge in [0.25, 0.3) is 0 Å². The molecule has 1 heterocycles. The Bertz CT molecular complexity index is 720. The minimum absolute atomic E-state index is 0.109. The number of halogens is 1. The summed E-state index contributed by atoms with van der Waals surface area (Å²) in [5.41, 5.74) is 2.77. The summed E-state index contributed by atoms with van der Waals surface area (Å²) in [6, 6.07) is 16.6. The van der Waals surface area contributed by atoms with Crippen molar-refractivity contribution in [2.75, 3.05) is 32.8 Å². The van der Waals surface area contributed by atoms with E-state index in [4.69, 9.17) is 10.00 Å². The van der Waals surface area contributed by atoms with Gasteiger partial charge in [0.2, 0.25) is 0 Å². The van der Waals surface area contributed by atoms with Crippen molar-refractivity contribution in [3.05, 3.63) is 71.0 Å². The van der Waals surface area contributed by atoms with E-state index >= 15 is 0 Å². The number of nitrogens with zero attached hydrogens (tertiary/aromatic N) is 2. The lowest BCUT2D eigenvalue weighted by molar-refractivity contribution is 0.0160. The van der Waals surface area contributed by atoms with Crippen molar-refractivity contribution in [2.24, 2.45) is 0 Å². The Balaban J connectivity index is 1.65. The molecule has 1 fully saturated rings. The first-order valence-corrected chi connectivity index (χ1v) is 8.53. The molecule has 1 N–H and O–H groups in total. The lowest BCUT2D eigenvalue weighted by atomic mass is 10.0. The molecule has 0 saturated carbocycles. The van der Waals surface area contributed by atoms with Crippen molar-refractivity contribution in [2.45, 2.75) is 12.6 Å². The average molecular weight is 339 g/mol. The molecule has 0 aromatic heterocycles. The van der Waals surface area contributed by atoms with Crippen molar-refractivity contribution < 1.29 is 9.13 Å². The highest BCUT2D eigenvalue weighted by molar-refractivity contribution is 5.31. The smallest absolute Gasteiger partial charge is 0.123 e. The van der Waals surface area contributed by atoms with E-state index in [1.165, 1.54) is 6.07 Å². The number of nitrogens with one attached hydrogen (secondary N) is 1. The second-order valence-corrected chi connectivity index (χ2v) is 6.16. The third-order valence-electron chi connectivity index (χ3n) is 4.47. The van der Waals surface area contributed by atoms with Gasteiger partial charge in [0.15, 0.2) is 0 Å². The first kappa shape index (κ1) is 17.6. The molecule has 2 aromatic carbocycles. The summed E-state index contributed by atoms with van der Waals surface area (Å²) in [5, 5.41) is 12.3. The summed E-state index contributed by atoms with van der Waals surface area (Å²) >= 11 is 0. The molecule has 1 aliphatic heterocycles. The number of hydrogen-bond donors (Lipinski definition) is 1. The molecular formula is C20H22FN3O. The van der Waals surface area contributed by atoms with Crippen LogP contribution in [0.25, 0.3) is 0 Å². The van der Waals surface area contributed by atoms with Gasteiger partial charge in [-0.3, -0.25) is 4.90 Å². The molecule has 130 valence electrons. The highest BCUT2D eigenvalue weighted by Gasteiger charge is 2.22. The number of morpholine rings is 1. The van der Waals surface area contributed by atoms with Crippen LogP contribution in [0.2, 0.25) is 0 Å². The Morgan fingerprint density at radius 3 is 2.60 bits per heavy atom. The lowest BCUT2D eigenvalue weighted by Crippen LogP contribution is -2.42. The van der Waals surface area contributed by atoms with Crippen LogP contribution in [-0.4, -0.2) is 37.7 Å². The van der Waals surface area contributed by atoms with Gasteiger partial charge < -0.3 is 10.1 Å². The van der Waals surface area contributed by atoms with Crippen molar-refractivity contribution in [1.29, 1.82) is 5.26 Å². The molecule has 0 spiro atoms. The van der Waals surface area contributed by atoms with Crippen LogP contribution in [0.4, 0.5) is 4.39 Å². The Labute approximate surface area is 147 Å². The number of hydrogen-bond acceptors (Lipinski definition) is 4. The molecule has 0 radical (unpaired) electrons. The first-order valence-electron chi connectivity index (χ1n) is 8.53. The van der Waals surface area contributed by atoms with Gasteiger partial charge in [-0.2, -0.15) is 5.26 Å². The fraction of sp³-hybridized carbons (Fsp3) is 0.350. The zero-order valence-corrected chi connectivity index (χ0v) is 14.1. The van der Waals surface area contributed by atoms with E-state index in [-0.39, 0.29) is 11.9 Å². The predicted molar refractivity (Wildman–Crippen MR) is 94.4 cm³/mol. The van der Waals surface area contributed by atoms with E-state index in [1.54, 1.807) is 12.1 Å². The summed E-state index contributed by atoms with van der Waals surface area (Å²) in [6.07, 6.45) is 0. The molecular weight excluding hydrogens is 317 g/mol. The summed E-state index contributed by atoms with van der Waals surface area (Å²) < 4.78 is 19.1. The zero-order chi connectivity index (χ0) is 17.5. The molecule has 1 atom stereocenters. The van der Waals surface area contributed by atoms with Gasteiger partial charge in [0.1, 0.15) is 5.82 Å². The van der Waals surface area contributed by atoms with Crippen LogP contribution < -0.4 is 5.32 Å². The summed E-state index contributed by atoms with van der Waals surface area (Å²) in [4.78, 5) is 2.34. The van der Waals surface area contributed by atoms with E-state index in [0.29, 0.717) is 25.3 Å². The molecule has 0 amide bonds. The van der Waals surface area contributed by atoms with E-state index in [0.717, 1.165) is 30.8 Å². The number of ether oxygens (including phenoxy) is 1. The van der Waals surface area contributed by atoms with E-state index in [9.17, 15) is 4.39 Å². The molecule has 2 aromatic rings. The van der Waals surface area contributed by atoms with Gasteiger partial charge in [-0.05, 0) is 35.4 Å². The fourth-order valence-corrected chi connectivity index (χ4v) is 3.11. The minimum Gasteiger partial charge on any atom is -0.379 e.